The summed E-state index contributed by atoms with van der Waals surface area (Å²) in [5, 5.41) is 11.1. The first-order valence-electron chi connectivity index (χ1n) is 10.5. The minimum Gasteiger partial charge on any atom is -0.465 e. The lowest BCUT2D eigenvalue weighted by Crippen LogP contribution is -2.42. The van der Waals surface area contributed by atoms with Crippen molar-refractivity contribution < 1.29 is 38.3 Å². The number of esters is 3. The molecular formula is C22H29NO9. The second kappa shape index (κ2) is 13.2. The van der Waals surface area contributed by atoms with Gasteiger partial charge in [0.1, 0.15) is 11.7 Å². The fourth-order valence-corrected chi connectivity index (χ4v) is 3.36. The van der Waals surface area contributed by atoms with Gasteiger partial charge in [0.2, 0.25) is 0 Å². The third-order valence-corrected chi connectivity index (χ3v) is 4.67. The van der Waals surface area contributed by atoms with Crippen molar-refractivity contribution in [3.63, 3.8) is 0 Å². The Hall–Kier alpha value is -3.30. The lowest BCUT2D eigenvalue weighted by molar-refractivity contribution is -0.384. The molecule has 0 aromatic heterocycles. The van der Waals surface area contributed by atoms with E-state index in [0.717, 1.165) is 0 Å². The second-order valence-electron chi connectivity index (χ2n) is 6.80. The molecule has 0 fully saturated rings. The highest BCUT2D eigenvalue weighted by Crippen LogP contribution is 2.37. The van der Waals surface area contributed by atoms with Crippen LogP contribution in [0.25, 0.3) is 0 Å². The van der Waals surface area contributed by atoms with Crippen LogP contribution in [0.15, 0.2) is 24.3 Å². The number of nitro benzene ring substituents is 1. The smallest absolute Gasteiger partial charge is 0.320 e. The van der Waals surface area contributed by atoms with Gasteiger partial charge < -0.3 is 14.2 Å². The lowest BCUT2D eigenvalue weighted by atomic mass is 9.74. The van der Waals surface area contributed by atoms with Crippen molar-refractivity contribution in [1.82, 2.24) is 0 Å². The van der Waals surface area contributed by atoms with Crippen LogP contribution in [0.2, 0.25) is 0 Å². The van der Waals surface area contributed by atoms with Crippen LogP contribution in [0.1, 0.15) is 52.0 Å². The first kappa shape index (κ1) is 26.7. The van der Waals surface area contributed by atoms with Crippen LogP contribution in [0, 0.1) is 22.0 Å². The van der Waals surface area contributed by atoms with Gasteiger partial charge in [-0.1, -0.05) is 19.1 Å². The topological polar surface area (TPSA) is 139 Å². The van der Waals surface area contributed by atoms with Crippen LogP contribution >= 0.6 is 0 Å². The second-order valence-corrected chi connectivity index (χ2v) is 6.80. The molecule has 1 aromatic rings. The van der Waals surface area contributed by atoms with Gasteiger partial charge in [0.05, 0.1) is 24.7 Å². The molecule has 0 spiro atoms. The van der Waals surface area contributed by atoms with Crippen molar-refractivity contribution in [3.8, 4) is 0 Å². The quantitative estimate of drug-likeness (QED) is 0.145. The summed E-state index contributed by atoms with van der Waals surface area (Å²) in [5.74, 6) is -7.82. The summed E-state index contributed by atoms with van der Waals surface area (Å²) in [6.45, 7) is 6.29. The summed E-state index contributed by atoms with van der Waals surface area (Å²) in [6.07, 6.45) is 0.427. The number of Topliss-reactive ketones (excluding diaryl/α,β-unsaturated/α-hetero) is 1. The average Bonchev–Trinajstić information content (AvgIpc) is 2.74. The van der Waals surface area contributed by atoms with E-state index in [9.17, 15) is 29.3 Å². The molecule has 0 radical (unpaired) electrons. The molecule has 1 aromatic carbocycles. The predicted molar refractivity (Wildman–Crippen MR) is 113 cm³/mol. The zero-order valence-electron chi connectivity index (χ0n) is 18.7. The van der Waals surface area contributed by atoms with Crippen LogP contribution in [-0.2, 0) is 33.4 Å². The Morgan fingerprint density at radius 3 is 1.62 bits per heavy atom. The van der Waals surface area contributed by atoms with Gasteiger partial charge in [-0.15, -0.1) is 0 Å². The minimum atomic E-state index is -1.65. The Labute approximate surface area is 186 Å². The van der Waals surface area contributed by atoms with Gasteiger partial charge in [-0.05, 0) is 32.8 Å². The Kier molecular flexibility index (Phi) is 11.0. The van der Waals surface area contributed by atoms with Crippen LogP contribution in [0.5, 0.6) is 0 Å². The van der Waals surface area contributed by atoms with Gasteiger partial charge in [0.25, 0.3) is 5.69 Å². The maximum atomic E-state index is 13.0. The number of benzene rings is 1. The molecule has 2 unspecified atom stereocenters. The Morgan fingerprint density at radius 2 is 1.25 bits per heavy atom. The molecule has 10 heteroatoms. The standard InChI is InChI=1S/C22H29NO9/c1-5-9-16(24)18(20(25)30-6-2)17(14-10-12-15(13-11-14)23(28)29)19(21(26)31-7-3)22(27)32-8-4/h10-13,17-19H,5-9H2,1-4H3. The van der Waals surface area contributed by atoms with E-state index in [0.29, 0.717) is 6.42 Å². The molecule has 0 aliphatic carbocycles. The number of hydrogen-bond acceptors (Lipinski definition) is 9. The van der Waals surface area contributed by atoms with Gasteiger partial charge in [-0.25, -0.2) is 0 Å². The number of nitrogens with zero attached hydrogens (tertiary/aromatic N) is 1. The molecular weight excluding hydrogens is 422 g/mol. The maximum absolute atomic E-state index is 13.0. The highest BCUT2D eigenvalue weighted by Gasteiger charge is 2.48. The zero-order valence-corrected chi connectivity index (χ0v) is 18.7. The summed E-state index contributed by atoms with van der Waals surface area (Å²) < 4.78 is 15.2. The molecule has 0 saturated heterocycles. The molecule has 0 aliphatic rings. The minimum absolute atomic E-state index is 0.00529. The summed E-state index contributed by atoms with van der Waals surface area (Å²) in [4.78, 5) is 61.9. The maximum Gasteiger partial charge on any atom is 0.320 e. The van der Waals surface area contributed by atoms with Crippen molar-refractivity contribution >= 4 is 29.4 Å². The van der Waals surface area contributed by atoms with E-state index in [1.54, 1.807) is 27.7 Å². The fourth-order valence-electron chi connectivity index (χ4n) is 3.36. The van der Waals surface area contributed by atoms with Crippen molar-refractivity contribution in [2.45, 2.75) is 46.5 Å². The number of nitro groups is 1. The predicted octanol–water partition coefficient (Wildman–Crippen LogP) is 2.97. The molecule has 0 heterocycles. The molecule has 2 atom stereocenters. The highest BCUT2D eigenvalue weighted by atomic mass is 16.6. The van der Waals surface area contributed by atoms with E-state index in [1.165, 1.54) is 24.3 Å². The molecule has 0 amide bonds. The SMILES string of the molecule is CCCC(=O)C(C(=O)OCC)C(c1ccc([N+](=O)[O-])cc1)C(C(=O)OCC)C(=O)OCC. The number of rotatable bonds is 13. The number of carbonyl (C=O) groups excluding carboxylic acids is 4. The number of non-ortho nitro benzene ring substituents is 1. The fraction of sp³-hybridized carbons (Fsp3) is 0.545. The first-order valence-corrected chi connectivity index (χ1v) is 10.5. The van der Waals surface area contributed by atoms with Crippen molar-refractivity contribution in [2.75, 3.05) is 19.8 Å². The van der Waals surface area contributed by atoms with Gasteiger partial charge >= 0.3 is 17.9 Å². The summed E-state index contributed by atoms with van der Waals surface area (Å²) >= 11 is 0. The Balaban J connectivity index is 3.74. The summed E-state index contributed by atoms with van der Waals surface area (Å²) in [5.41, 5.74) is -0.0342. The Bertz CT molecular complexity index is 743. The Morgan fingerprint density at radius 1 is 0.812 bits per heavy atom. The van der Waals surface area contributed by atoms with E-state index in [1.807, 2.05) is 0 Å². The van der Waals surface area contributed by atoms with Gasteiger partial charge in [-0.2, -0.15) is 0 Å². The number of ether oxygens (including phenoxy) is 3. The van der Waals surface area contributed by atoms with Crippen molar-refractivity contribution in [2.24, 2.45) is 11.8 Å². The lowest BCUT2D eigenvalue weighted by Gasteiger charge is -2.29. The molecule has 10 nitrogen and oxygen atoms in total. The molecule has 176 valence electrons. The van der Waals surface area contributed by atoms with Gasteiger partial charge in [-0.3, -0.25) is 29.3 Å². The number of ketones is 1. The zero-order chi connectivity index (χ0) is 24.3. The number of hydrogen-bond donors (Lipinski definition) is 0. The largest absolute Gasteiger partial charge is 0.465 e. The highest BCUT2D eigenvalue weighted by molar-refractivity contribution is 6.03. The molecule has 32 heavy (non-hydrogen) atoms. The molecule has 0 bridgehead atoms. The molecule has 0 N–H and O–H groups in total. The molecule has 1 rings (SSSR count). The van der Waals surface area contributed by atoms with Crippen molar-refractivity contribution in [3.05, 3.63) is 39.9 Å². The first-order chi connectivity index (χ1) is 15.2. The van der Waals surface area contributed by atoms with E-state index in [-0.39, 0.29) is 37.5 Å². The van der Waals surface area contributed by atoms with Gasteiger partial charge in [0.15, 0.2) is 5.92 Å². The van der Waals surface area contributed by atoms with Gasteiger partial charge in [0, 0.05) is 24.5 Å². The van der Waals surface area contributed by atoms with E-state index in [4.69, 9.17) is 14.2 Å². The van der Waals surface area contributed by atoms with E-state index < -0.39 is 46.4 Å². The summed E-state index contributed by atoms with van der Waals surface area (Å²) in [7, 11) is 0. The average molecular weight is 451 g/mol. The third kappa shape index (κ3) is 6.86. The van der Waals surface area contributed by atoms with Crippen LogP contribution in [-0.4, -0.2) is 48.4 Å². The van der Waals surface area contributed by atoms with Crippen LogP contribution in [0.3, 0.4) is 0 Å². The summed E-state index contributed by atoms with van der Waals surface area (Å²) in [6, 6.07) is 4.95. The molecule has 0 saturated carbocycles. The van der Waals surface area contributed by atoms with Crippen molar-refractivity contribution in [1.29, 1.82) is 0 Å². The van der Waals surface area contributed by atoms with E-state index in [2.05, 4.69) is 0 Å². The van der Waals surface area contributed by atoms with Crippen LogP contribution < -0.4 is 0 Å². The molecule has 0 aliphatic heterocycles. The monoisotopic (exact) mass is 451 g/mol. The van der Waals surface area contributed by atoms with Crippen LogP contribution in [0.4, 0.5) is 5.69 Å². The number of carbonyl (C=O) groups is 4. The normalized spacial score (nSPS) is 12.5. The third-order valence-electron chi connectivity index (χ3n) is 4.67. The van der Waals surface area contributed by atoms with E-state index >= 15 is 0 Å².